The Balaban J connectivity index is 1.39. The molecule has 8 nitrogen and oxygen atoms in total. The number of Topliss-reactive ketones (excluding diaryl/α,β-unsaturated/α-hetero) is 2. The van der Waals surface area contributed by atoms with Gasteiger partial charge in [0, 0.05) is 62.2 Å². The van der Waals surface area contributed by atoms with E-state index >= 15 is 0 Å². The minimum Gasteiger partial charge on any atom is -0.497 e. The fraction of sp³-hybridized carbons (Fsp3) is 0.562. The van der Waals surface area contributed by atoms with Crippen LogP contribution in [0.5, 0.6) is 11.5 Å². The molecule has 4 rings (SSSR count). The van der Waals surface area contributed by atoms with Gasteiger partial charge in [0.15, 0.2) is 11.6 Å². The third-order valence-electron chi connectivity index (χ3n) is 8.01. The zero-order valence-corrected chi connectivity index (χ0v) is 24.0. The van der Waals surface area contributed by atoms with E-state index in [2.05, 4.69) is 9.80 Å². The van der Waals surface area contributed by atoms with Gasteiger partial charge in [-0.3, -0.25) is 19.4 Å². The van der Waals surface area contributed by atoms with Crippen molar-refractivity contribution in [2.75, 3.05) is 79.9 Å². The summed E-state index contributed by atoms with van der Waals surface area (Å²) in [6.07, 6.45) is 3.38. The van der Waals surface area contributed by atoms with Crippen LogP contribution in [0.3, 0.4) is 0 Å². The van der Waals surface area contributed by atoms with Gasteiger partial charge in [-0.1, -0.05) is 12.8 Å². The van der Waals surface area contributed by atoms with Crippen molar-refractivity contribution in [2.24, 2.45) is 11.8 Å². The largest absolute Gasteiger partial charge is 0.497 e. The zero-order chi connectivity index (χ0) is 28.2. The summed E-state index contributed by atoms with van der Waals surface area (Å²) in [6.45, 7) is 7.70. The standard InChI is InChI=1S/C32H44N2O6/c1-37-29-11-7-25(8-12-29)31(35)27(23-33-15-19-39-20-16-33)5-3-4-6-28(24-34-17-21-40-22-18-34)32(36)26-9-13-30(38-2)14-10-26/h7-14,27-28H,3-6,15-24H2,1-2H3/t27-,28+. The maximum Gasteiger partial charge on any atom is 0.167 e. The fourth-order valence-electron chi connectivity index (χ4n) is 5.56. The summed E-state index contributed by atoms with van der Waals surface area (Å²) in [7, 11) is 3.26. The van der Waals surface area contributed by atoms with E-state index in [0.717, 1.165) is 87.6 Å². The number of ether oxygens (including phenoxy) is 4. The molecule has 0 spiro atoms. The van der Waals surface area contributed by atoms with Crippen LogP contribution in [0.4, 0.5) is 0 Å². The minimum absolute atomic E-state index is 0.0959. The molecule has 2 aromatic carbocycles. The third-order valence-corrected chi connectivity index (χ3v) is 8.01. The average molecular weight is 553 g/mol. The van der Waals surface area contributed by atoms with E-state index < -0.39 is 0 Å². The SMILES string of the molecule is COc1ccc(C(=O)[C@H](CCCC[C@@H](CN2CCOCC2)C(=O)c2ccc(OC)cc2)CN2CCOCC2)cc1. The first-order valence-corrected chi connectivity index (χ1v) is 14.5. The van der Waals surface area contributed by atoms with Crippen LogP contribution in [0.1, 0.15) is 46.4 Å². The van der Waals surface area contributed by atoms with Gasteiger partial charge in [-0.2, -0.15) is 0 Å². The Morgan fingerprint density at radius 2 is 1.00 bits per heavy atom. The first-order valence-electron chi connectivity index (χ1n) is 14.5. The molecule has 0 bridgehead atoms. The quantitative estimate of drug-likeness (QED) is 0.240. The smallest absolute Gasteiger partial charge is 0.167 e. The number of carbonyl (C=O) groups excluding carboxylic acids is 2. The lowest BCUT2D eigenvalue weighted by atomic mass is 9.88. The lowest BCUT2D eigenvalue weighted by molar-refractivity contribution is 0.0283. The number of nitrogens with zero attached hydrogens (tertiary/aromatic N) is 2. The molecule has 2 aromatic rings. The molecule has 40 heavy (non-hydrogen) atoms. The molecule has 0 saturated carbocycles. The van der Waals surface area contributed by atoms with Gasteiger partial charge in [0.25, 0.3) is 0 Å². The van der Waals surface area contributed by atoms with Gasteiger partial charge < -0.3 is 18.9 Å². The molecule has 2 saturated heterocycles. The summed E-state index contributed by atoms with van der Waals surface area (Å²) in [5, 5.41) is 0. The van der Waals surface area contributed by atoms with Gasteiger partial charge in [-0.25, -0.2) is 0 Å². The summed E-state index contributed by atoms with van der Waals surface area (Å²) in [5.74, 6) is 1.65. The number of carbonyl (C=O) groups is 2. The number of morpholine rings is 2. The van der Waals surface area contributed by atoms with Crippen molar-refractivity contribution < 1.29 is 28.5 Å². The van der Waals surface area contributed by atoms with Crippen molar-refractivity contribution in [1.82, 2.24) is 9.80 Å². The number of rotatable bonds is 15. The van der Waals surface area contributed by atoms with Crippen LogP contribution in [-0.2, 0) is 9.47 Å². The monoisotopic (exact) mass is 552 g/mol. The molecular formula is C32H44N2O6. The second kappa shape index (κ2) is 15.9. The summed E-state index contributed by atoms with van der Waals surface area (Å²) in [4.78, 5) is 31.8. The van der Waals surface area contributed by atoms with Gasteiger partial charge in [0.05, 0.1) is 40.6 Å². The van der Waals surface area contributed by atoms with Crippen molar-refractivity contribution in [3.8, 4) is 11.5 Å². The first kappa shape index (κ1) is 30.2. The van der Waals surface area contributed by atoms with Crippen LogP contribution in [0.2, 0.25) is 0 Å². The number of hydrogen-bond acceptors (Lipinski definition) is 8. The maximum atomic E-state index is 13.6. The summed E-state index contributed by atoms with van der Waals surface area (Å²) in [6, 6.07) is 14.8. The Labute approximate surface area is 238 Å². The van der Waals surface area contributed by atoms with E-state index in [0.29, 0.717) is 26.4 Å². The highest BCUT2D eigenvalue weighted by Crippen LogP contribution is 2.24. The highest BCUT2D eigenvalue weighted by Gasteiger charge is 2.26. The molecule has 0 unspecified atom stereocenters. The Morgan fingerprint density at radius 1 is 0.650 bits per heavy atom. The molecule has 8 heteroatoms. The number of hydrogen-bond donors (Lipinski definition) is 0. The molecule has 0 radical (unpaired) electrons. The summed E-state index contributed by atoms with van der Waals surface area (Å²) in [5.41, 5.74) is 1.44. The minimum atomic E-state index is -0.0959. The number of methoxy groups -OCH3 is 2. The van der Waals surface area contributed by atoms with E-state index in [1.807, 2.05) is 48.5 Å². The van der Waals surface area contributed by atoms with E-state index in [9.17, 15) is 9.59 Å². The average Bonchev–Trinajstić information content (AvgIpc) is 3.02. The molecule has 2 aliphatic heterocycles. The molecule has 218 valence electrons. The van der Waals surface area contributed by atoms with Crippen molar-refractivity contribution in [1.29, 1.82) is 0 Å². The lowest BCUT2D eigenvalue weighted by Gasteiger charge is -2.31. The number of ketones is 2. The van der Waals surface area contributed by atoms with Crippen LogP contribution in [-0.4, -0.2) is 101 Å². The second-order valence-corrected chi connectivity index (χ2v) is 10.7. The lowest BCUT2D eigenvalue weighted by Crippen LogP contribution is -2.41. The van der Waals surface area contributed by atoms with E-state index in [1.54, 1.807) is 14.2 Å². The highest BCUT2D eigenvalue weighted by molar-refractivity contribution is 5.98. The van der Waals surface area contributed by atoms with Crippen LogP contribution >= 0.6 is 0 Å². The molecule has 2 aliphatic rings. The Morgan fingerprint density at radius 3 is 1.32 bits per heavy atom. The highest BCUT2D eigenvalue weighted by atomic mass is 16.5. The van der Waals surface area contributed by atoms with Gasteiger partial charge >= 0.3 is 0 Å². The molecule has 2 fully saturated rings. The van der Waals surface area contributed by atoms with Crippen molar-refractivity contribution >= 4 is 11.6 Å². The fourth-order valence-corrected chi connectivity index (χ4v) is 5.56. The van der Waals surface area contributed by atoms with Gasteiger partial charge in [-0.05, 0) is 61.4 Å². The summed E-state index contributed by atoms with van der Waals surface area (Å²) < 4.78 is 21.6. The van der Waals surface area contributed by atoms with Crippen molar-refractivity contribution in [3.05, 3.63) is 59.7 Å². The topological polar surface area (TPSA) is 77.5 Å². The van der Waals surface area contributed by atoms with Crippen LogP contribution in [0.15, 0.2) is 48.5 Å². The zero-order valence-electron chi connectivity index (χ0n) is 24.0. The normalized spacial score (nSPS) is 18.1. The number of unbranched alkanes of at least 4 members (excludes halogenated alkanes) is 1. The van der Waals surface area contributed by atoms with Gasteiger partial charge in [0.1, 0.15) is 11.5 Å². The molecular weight excluding hydrogens is 508 g/mol. The van der Waals surface area contributed by atoms with Gasteiger partial charge in [0.2, 0.25) is 0 Å². The molecule has 0 aliphatic carbocycles. The second-order valence-electron chi connectivity index (χ2n) is 10.7. The molecule has 2 heterocycles. The number of benzene rings is 2. The van der Waals surface area contributed by atoms with E-state index in [1.165, 1.54) is 0 Å². The Hall–Kier alpha value is -2.78. The third kappa shape index (κ3) is 8.86. The van der Waals surface area contributed by atoms with Crippen molar-refractivity contribution in [2.45, 2.75) is 25.7 Å². The predicted molar refractivity (Wildman–Crippen MR) is 155 cm³/mol. The van der Waals surface area contributed by atoms with E-state index in [-0.39, 0.29) is 23.4 Å². The Bertz CT molecular complexity index is 961. The maximum absolute atomic E-state index is 13.6. The molecule has 0 amide bonds. The van der Waals surface area contributed by atoms with E-state index in [4.69, 9.17) is 18.9 Å². The van der Waals surface area contributed by atoms with Gasteiger partial charge in [-0.15, -0.1) is 0 Å². The van der Waals surface area contributed by atoms with Crippen molar-refractivity contribution in [3.63, 3.8) is 0 Å². The van der Waals surface area contributed by atoms with Crippen LogP contribution in [0.25, 0.3) is 0 Å². The molecule has 2 atom stereocenters. The molecule has 0 N–H and O–H groups in total. The van der Waals surface area contributed by atoms with Crippen LogP contribution < -0.4 is 9.47 Å². The summed E-state index contributed by atoms with van der Waals surface area (Å²) >= 11 is 0. The first-order chi connectivity index (χ1) is 19.6. The predicted octanol–water partition coefficient (Wildman–Crippen LogP) is 4.23. The van der Waals surface area contributed by atoms with Crippen LogP contribution in [0, 0.1) is 11.8 Å². The molecule has 0 aromatic heterocycles. The Kier molecular flexibility index (Phi) is 12.0.